The van der Waals surface area contributed by atoms with Gasteiger partial charge in [-0.3, -0.25) is 4.99 Å². The highest BCUT2D eigenvalue weighted by atomic mass is 16.5. The van der Waals surface area contributed by atoms with Crippen molar-refractivity contribution in [3.05, 3.63) is 71.8 Å². The molecule has 1 fully saturated rings. The second-order valence-electron chi connectivity index (χ2n) is 8.66. The summed E-state index contributed by atoms with van der Waals surface area (Å²) < 4.78 is 5.54. The minimum absolute atomic E-state index is 0.248. The number of amidine groups is 1. The van der Waals surface area contributed by atoms with Crippen molar-refractivity contribution in [2.24, 2.45) is 4.99 Å². The number of nitrogens with one attached hydrogen (secondary N) is 1. The lowest BCUT2D eigenvalue weighted by Gasteiger charge is -2.33. The van der Waals surface area contributed by atoms with E-state index in [1.807, 2.05) is 0 Å². The molecule has 0 amide bonds. The Morgan fingerprint density at radius 1 is 0.933 bits per heavy atom. The van der Waals surface area contributed by atoms with Crippen LogP contribution in [-0.2, 0) is 17.7 Å². The van der Waals surface area contributed by atoms with Crippen molar-refractivity contribution in [1.29, 1.82) is 0 Å². The molecule has 0 saturated heterocycles. The maximum absolute atomic E-state index is 5.54. The van der Waals surface area contributed by atoms with Gasteiger partial charge in [-0.15, -0.1) is 0 Å². The third-order valence-electron chi connectivity index (χ3n) is 6.47. The molecule has 0 spiro atoms. The molecule has 0 radical (unpaired) electrons. The fraction of sp³-hybridized carbons (Fsp3) is 0.500. The molecule has 2 atom stereocenters. The molecule has 0 aromatic heterocycles. The number of hydrogen-bond donors (Lipinski definition) is 1. The number of aliphatic imine (C=N–C) groups is 1. The lowest BCUT2D eigenvalue weighted by atomic mass is 9.94. The predicted molar refractivity (Wildman–Crippen MR) is 124 cm³/mol. The van der Waals surface area contributed by atoms with E-state index in [1.54, 1.807) is 7.11 Å². The highest BCUT2D eigenvalue weighted by Crippen LogP contribution is 2.25. The predicted octanol–water partition coefficient (Wildman–Crippen LogP) is 4.45. The molecule has 4 heteroatoms. The van der Waals surface area contributed by atoms with Crippen molar-refractivity contribution in [2.75, 3.05) is 20.3 Å². The molecule has 0 bridgehead atoms. The van der Waals surface area contributed by atoms with Crippen molar-refractivity contribution in [3.63, 3.8) is 0 Å². The smallest absolute Gasteiger partial charge is 0.126 e. The van der Waals surface area contributed by atoms with Crippen LogP contribution in [0.1, 0.15) is 43.2 Å². The molecule has 2 aliphatic rings. The van der Waals surface area contributed by atoms with Gasteiger partial charge in [0.2, 0.25) is 0 Å². The van der Waals surface area contributed by atoms with Crippen molar-refractivity contribution in [1.82, 2.24) is 10.2 Å². The van der Waals surface area contributed by atoms with Gasteiger partial charge in [-0.2, -0.15) is 0 Å². The minimum atomic E-state index is 0.248. The van der Waals surface area contributed by atoms with E-state index >= 15 is 0 Å². The standard InChI is InChI=1S/C26H35N3O/c1-30-20-26-28-24(17-21-11-5-2-6-12-21)25(18-27-23-15-9-4-10-16-23)29(26)19-22-13-7-3-8-14-22/h2-3,5-8,11-14,23-25,27H,4,9-10,15-20H2,1H3/t24-,25-/m1/s1. The van der Waals surface area contributed by atoms with Crippen LogP contribution in [-0.4, -0.2) is 49.1 Å². The summed E-state index contributed by atoms with van der Waals surface area (Å²) in [6.45, 7) is 2.43. The van der Waals surface area contributed by atoms with Gasteiger partial charge in [-0.05, 0) is 30.4 Å². The number of benzene rings is 2. The summed E-state index contributed by atoms with van der Waals surface area (Å²) in [6, 6.07) is 22.8. The first-order valence-corrected chi connectivity index (χ1v) is 11.5. The molecule has 1 heterocycles. The largest absolute Gasteiger partial charge is 0.377 e. The molecule has 2 aromatic carbocycles. The Kier molecular flexibility index (Phi) is 7.54. The summed E-state index contributed by atoms with van der Waals surface area (Å²) >= 11 is 0. The molecule has 0 unspecified atom stereocenters. The van der Waals surface area contributed by atoms with Crippen LogP contribution in [0.2, 0.25) is 0 Å². The van der Waals surface area contributed by atoms with E-state index in [0.717, 1.165) is 25.3 Å². The maximum atomic E-state index is 5.54. The summed E-state index contributed by atoms with van der Waals surface area (Å²) in [5.41, 5.74) is 2.68. The monoisotopic (exact) mass is 405 g/mol. The average Bonchev–Trinajstić information content (AvgIpc) is 3.10. The Hall–Kier alpha value is -2.17. The quantitative estimate of drug-likeness (QED) is 0.670. The zero-order valence-electron chi connectivity index (χ0n) is 18.2. The Labute approximate surface area is 181 Å². The van der Waals surface area contributed by atoms with Gasteiger partial charge in [0.05, 0.1) is 12.1 Å². The summed E-state index contributed by atoms with van der Waals surface area (Å²) in [5, 5.41) is 3.90. The molecular weight excluding hydrogens is 370 g/mol. The van der Waals surface area contributed by atoms with Gasteiger partial charge in [0.25, 0.3) is 0 Å². The summed E-state index contributed by atoms with van der Waals surface area (Å²) in [7, 11) is 1.77. The summed E-state index contributed by atoms with van der Waals surface area (Å²) in [5.74, 6) is 1.08. The van der Waals surface area contributed by atoms with Crippen molar-refractivity contribution < 1.29 is 4.74 Å². The van der Waals surface area contributed by atoms with Crippen molar-refractivity contribution >= 4 is 5.84 Å². The second kappa shape index (κ2) is 10.7. The molecule has 1 aliphatic heterocycles. The number of rotatable bonds is 9. The summed E-state index contributed by atoms with van der Waals surface area (Å²) in [4.78, 5) is 7.66. The van der Waals surface area contributed by atoms with Crippen LogP contribution in [0.15, 0.2) is 65.7 Å². The molecule has 4 nitrogen and oxygen atoms in total. The van der Waals surface area contributed by atoms with Gasteiger partial charge in [0, 0.05) is 26.2 Å². The highest BCUT2D eigenvalue weighted by Gasteiger charge is 2.36. The first-order chi connectivity index (χ1) is 14.8. The lowest BCUT2D eigenvalue weighted by Crippen LogP contribution is -2.49. The zero-order chi connectivity index (χ0) is 20.6. The Bertz CT molecular complexity index is 786. The molecular formula is C26H35N3O. The fourth-order valence-corrected chi connectivity index (χ4v) is 4.87. The maximum Gasteiger partial charge on any atom is 0.126 e. The van der Waals surface area contributed by atoms with E-state index in [4.69, 9.17) is 9.73 Å². The number of methoxy groups -OCH3 is 1. The van der Waals surface area contributed by atoms with Gasteiger partial charge in [0.15, 0.2) is 0 Å². The SMILES string of the molecule is COCC1=N[C@H](Cc2ccccc2)[C@@H](CNC2CCCCC2)N1Cc1ccccc1. The van der Waals surface area contributed by atoms with Crippen molar-refractivity contribution in [3.8, 4) is 0 Å². The van der Waals surface area contributed by atoms with E-state index in [2.05, 4.69) is 70.9 Å². The fourth-order valence-electron chi connectivity index (χ4n) is 4.87. The number of ether oxygens (including phenoxy) is 1. The van der Waals surface area contributed by atoms with E-state index < -0.39 is 0 Å². The van der Waals surface area contributed by atoms with Gasteiger partial charge in [-0.25, -0.2) is 0 Å². The minimum Gasteiger partial charge on any atom is -0.377 e. The molecule has 4 rings (SSSR count). The van der Waals surface area contributed by atoms with Gasteiger partial charge in [0.1, 0.15) is 12.4 Å². The first kappa shape index (κ1) is 21.1. The topological polar surface area (TPSA) is 36.9 Å². The van der Waals surface area contributed by atoms with Crippen LogP contribution < -0.4 is 5.32 Å². The van der Waals surface area contributed by atoms with E-state index in [-0.39, 0.29) is 6.04 Å². The molecule has 1 aliphatic carbocycles. The van der Waals surface area contributed by atoms with Crippen LogP contribution in [0.3, 0.4) is 0 Å². The van der Waals surface area contributed by atoms with E-state index in [9.17, 15) is 0 Å². The van der Waals surface area contributed by atoms with Crippen LogP contribution in [0.5, 0.6) is 0 Å². The average molecular weight is 406 g/mol. The third-order valence-corrected chi connectivity index (χ3v) is 6.47. The number of hydrogen-bond acceptors (Lipinski definition) is 4. The van der Waals surface area contributed by atoms with Gasteiger partial charge in [-0.1, -0.05) is 79.9 Å². The Balaban J connectivity index is 1.53. The van der Waals surface area contributed by atoms with Crippen LogP contribution in [0.4, 0.5) is 0 Å². The van der Waals surface area contributed by atoms with Crippen LogP contribution in [0.25, 0.3) is 0 Å². The van der Waals surface area contributed by atoms with Gasteiger partial charge >= 0.3 is 0 Å². The van der Waals surface area contributed by atoms with Crippen LogP contribution in [0, 0.1) is 0 Å². The number of nitrogens with zero attached hydrogens (tertiary/aromatic N) is 2. The summed E-state index contributed by atoms with van der Waals surface area (Å²) in [6.07, 6.45) is 7.68. The third kappa shape index (κ3) is 5.50. The van der Waals surface area contributed by atoms with E-state index in [1.165, 1.54) is 43.2 Å². The first-order valence-electron chi connectivity index (χ1n) is 11.5. The molecule has 1 N–H and O–H groups in total. The van der Waals surface area contributed by atoms with Crippen molar-refractivity contribution in [2.45, 2.75) is 63.2 Å². The normalized spacial score (nSPS) is 22.3. The van der Waals surface area contributed by atoms with E-state index in [0.29, 0.717) is 18.7 Å². The zero-order valence-corrected chi connectivity index (χ0v) is 18.2. The molecule has 2 aromatic rings. The lowest BCUT2D eigenvalue weighted by molar-refractivity contribution is 0.215. The molecule has 160 valence electrons. The Morgan fingerprint density at radius 3 is 2.27 bits per heavy atom. The molecule has 1 saturated carbocycles. The Morgan fingerprint density at radius 2 is 1.60 bits per heavy atom. The molecule has 30 heavy (non-hydrogen) atoms. The van der Waals surface area contributed by atoms with Crippen LogP contribution >= 0.6 is 0 Å². The highest BCUT2D eigenvalue weighted by molar-refractivity contribution is 5.86. The second-order valence-corrected chi connectivity index (χ2v) is 8.66. The van der Waals surface area contributed by atoms with Gasteiger partial charge < -0.3 is 15.0 Å².